The third-order valence-electron chi connectivity index (χ3n) is 8.29. The van der Waals surface area contributed by atoms with Gasteiger partial charge >= 0.3 is 0 Å². The third-order valence-corrected chi connectivity index (χ3v) is 8.29. The molecule has 1 N–H and O–H groups in total. The van der Waals surface area contributed by atoms with Crippen LogP contribution in [-0.4, -0.2) is 18.3 Å². The first-order valence-corrected chi connectivity index (χ1v) is 11.2. The van der Waals surface area contributed by atoms with E-state index in [1.807, 2.05) is 0 Å². The van der Waals surface area contributed by atoms with Crippen LogP contribution in [0.2, 0.25) is 0 Å². The molecule has 29 heavy (non-hydrogen) atoms. The standard InChI is InChI=1S/C27H32O2/c1-27-15-14-23-22-13-11-21(29-2)16-20(22)10-12-24(23)25(27)9-5-8-18-6-3-4-7-19(18)17-26(27)28/h3-8,11,13,16,23-26,28H,9-10,12,14-15,17H2,1-2H3/b8-5+/t23-,24-,25+,26+,27+/m1/s1. The summed E-state index contributed by atoms with van der Waals surface area (Å²) in [5.41, 5.74) is 5.53. The van der Waals surface area contributed by atoms with Gasteiger partial charge in [-0.25, -0.2) is 0 Å². The smallest absolute Gasteiger partial charge is 0.119 e. The first-order valence-electron chi connectivity index (χ1n) is 11.2. The van der Waals surface area contributed by atoms with Gasteiger partial charge in [0, 0.05) is 0 Å². The summed E-state index contributed by atoms with van der Waals surface area (Å²) in [5.74, 6) is 2.76. The summed E-state index contributed by atoms with van der Waals surface area (Å²) in [6.07, 6.45) is 10.8. The fourth-order valence-corrected chi connectivity index (χ4v) is 6.56. The van der Waals surface area contributed by atoms with Crippen LogP contribution >= 0.6 is 0 Å². The highest BCUT2D eigenvalue weighted by Gasteiger charge is 2.50. The van der Waals surface area contributed by atoms with Gasteiger partial charge in [-0.2, -0.15) is 0 Å². The average Bonchev–Trinajstić information content (AvgIpc) is 2.80. The van der Waals surface area contributed by atoms with E-state index in [1.54, 1.807) is 7.11 Å². The maximum atomic E-state index is 11.4. The molecule has 1 saturated carbocycles. The number of benzene rings is 2. The van der Waals surface area contributed by atoms with E-state index in [-0.39, 0.29) is 11.5 Å². The van der Waals surface area contributed by atoms with Crippen LogP contribution < -0.4 is 4.74 Å². The van der Waals surface area contributed by atoms with Gasteiger partial charge in [0.05, 0.1) is 13.2 Å². The molecule has 2 nitrogen and oxygen atoms in total. The first kappa shape index (κ1) is 18.9. The molecular formula is C27H32O2. The number of aliphatic hydroxyl groups is 1. The normalized spacial score (nSPS) is 34.3. The number of methoxy groups -OCH3 is 1. The van der Waals surface area contributed by atoms with Gasteiger partial charge in [0.25, 0.3) is 0 Å². The van der Waals surface area contributed by atoms with Crippen LogP contribution in [0.5, 0.6) is 5.75 Å². The summed E-state index contributed by atoms with van der Waals surface area (Å²) < 4.78 is 5.47. The topological polar surface area (TPSA) is 29.5 Å². The molecule has 3 aliphatic rings. The fourth-order valence-electron chi connectivity index (χ4n) is 6.56. The molecule has 0 spiro atoms. The molecule has 2 aromatic rings. The number of hydrogen-bond donors (Lipinski definition) is 1. The molecule has 3 aliphatic carbocycles. The minimum atomic E-state index is -0.285. The number of allylic oxidation sites excluding steroid dienone is 1. The van der Waals surface area contributed by atoms with Crippen molar-refractivity contribution in [3.05, 3.63) is 70.8 Å². The number of hydrogen-bond acceptors (Lipinski definition) is 2. The van der Waals surface area contributed by atoms with Gasteiger partial charge in [-0.3, -0.25) is 0 Å². The Balaban J connectivity index is 1.50. The van der Waals surface area contributed by atoms with Gasteiger partial charge < -0.3 is 9.84 Å². The molecule has 2 aromatic carbocycles. The highest BCUT2D eigenvalue weighted by molar-refractivity contribution is 5.54. The Labute approximate surface area is 174 Å². The minimum Gasteiger partial charge on any atom is -0.497 e. The zero-order chi connectivity index (χ0) is 20.0. The molecule has 152 valence electrons. The monoisotopic (exact) mass is 388 g/mol. The van der Waals surface area contributed by atoms with E-state index in [2.05, 4.69) is 61.5 Å². The van der Waals surface area contributed by atoms with Crippen LogP contribution in [0, 0.1) is 17.3 Å². The predicted octanol–water partition coefficient (Wildman–Crippen LogP) is 5.78. The van der Waals surface area contributed by atoms with Crippen LogP contribution in [0.4, 0.5) is 0 Å². The zero-order valence-corrected chi connectivity index (χ0v) is 17.6. The Morgan fingerprint density at radius 3 is 2.79 bits per heavy atom. The molecule has 1 fully saturated rings. The Kier molecular flexibility index (Phi) is 4.78. The van der Waals surface area contributed by atoms with Crippen LogP contribution in [0.25, 0.3) is 6.08 Å². The first-order chi connectivity index (χ1) is 14.1. The molecule has 0 heterocycles. The van der Waals surface area contributed by atoms with E-state index in [0.717, 1.165) is 31.4 Å². The van der Waals surface area contributed by atoms with Crippen molar-refractivity contribution in [1.29, 1.82) is 0 Å². The molecule has 0 aromatic heterocycles. The van der Waals surface area contributed by atoms with Crippen molar-refractivity contribution in [2.45, 2.75) is 57.5 Å². The molecule has 5 rings (SSSR count). The van der Waals surface area contributed by atoms with Crippen molar-refractivity contribution in [2.75, 3.05) is 7.11 Å². The molecule has 0 unspecified atom stereocenters. The second-order valence-corrected chi connectivity index (χ2v) is 9.58. The SMILES string of the molecule is COc1ccc2c(c1)CC[C@@H]1[C@@H]2CC[C@]2(C)[C@@H](O)Cc3ccccc3/C=C/C[C@@H]12. The maximum Gasteiger partial charge on any atom is 0.119 e. The quantitative estimate of drug-likeness (QED) is 0.671. The highest BCUT2D eigenvalue weighted by Crippen LogP contribution is 2.57. The van der Waals surface area contributed by atoms with Crippen molar-refractivity contribution < 1.29 is 9.84 Å². The summed E-state index contributed by atoms with van der Waals surface area (Å²) in [4.78, 5) is 0. The van der Waals surface area contributed by atoms with Gasteiger partial charge in [0.2, 0.25) is 0 Å². The van der Waals surface area contributed by atoms with Crippen LogP contribution in [0.15, 0.2) is 48.5 Å². The van der Waals surface area contributed by atoms with Crippen molar-refractivity contribution in [2.24, 2.45) is 17.3 Å². The molecule has 2 heteroatoms. The van der Waals surface area contributed by atoms with Gasteiger partial charge in [-0.05, 0) is 96.1 Å². The lowest BCUT2D eigenvalue weighted by Crippen LogP contribution is -2.49. The largest absolute Gasteiger partial charge is 0.497 e. The summed E-state index contributed by atoms with van der Waals surface area (Å²) in [7, 11) is 1.75. The second kappa shape index (κ2) is 7.32. The van der Waals surface area contributed by atoms with Crippen molar-refractivity contribution in [1.82, 2.24) is 0 Å². The van der Waals surface area contributed by atoms with Gasteiger partial charge in [0.1, 0.15) is 5.75 Å². The van der Waals surface area contributed by atoms with E-state index < -0.39 is 0 Å². The Morgan fingerprint density at radius 1 is 1.07 bits per heavy atom. The van der Waals surface area contributed by atoms with Crippen LogP contribution in [0.3, 0.4) is 0 Å². The number of aliphatic hydroxyl groups excluding tert-OH is 1. The summed E-state index contributed by atoms with van der Waals surface area (Å²) >= 11 is 0. The number of rotatable bonds is 1. The molecule has 0 saturated heterocycles. The molecule has 0 bridgehead atoms. The summed E-state index contributed by atoms with van der Waals surface area (Å²) in [5, 5.41) is 11.4. The third kappa shape index (κ3) is 3.13. The van der Waals surface area contributed by atoms with E-state index in [9.17, 15) is 5.11 Å². The van der Waals surface area contributed by atoms with Gasteiger partial charge in [0.15, 0.2) is 0 Å². The second-order valence-electron chi connectivity index (χ2n) is 9.58. The number of ether oxygens (including phenoxy) is 1. The maximum absolute atomic E-state index is 11.4. The minimum absolute atomic E-state index is 0.0209. The molecule has 0 aliphatic heterocycles. The number of aryl methyl sites for hydroxylation is 1. The lowest BCUT2D eigenvalue weighted by molar-refractivity contribution is -0.0666. The summed E-state index contributed by atoms with van der Waals surface area (Å²) in [6.45, 7) is 2.36. The lowest BCUT2D eigenvalue weighted by Gasteiger charge is -2.53. The van der Waals surface area contributed by atoms with E-state index in [0.29, 0.717) is 17.8 Å². The van der Waals surface area contributed by atoms with E-state index >= 15 is 0 Å². The Hall–Kier alpha value is -2.06. The van der Waals surface area contributed by atoms with Gasteiger partial charge in [-0.15, -0.1) is 0 Å². The van der Waals surface area contributed by atoms with Crippen molar-refractivity contribution in [3.8, 4) is 5.75 Å². The van der Waals surface area contributed by atoms with Crippen molar-refractivity contribution in [3.63, 3.8) is 0 Å². The van der Waals surface area contributed by atoms with Crippen molar-refractivity contribution >= 4 is 6.08 Å². The van der Waals surface area contributed by atoms with Crippen LogP contribution in [-0.2, 0) is 12.8 Å². The van der Waals surface area contributed by atoms with Gasteiger partial charge in [-0.1, -0.05) is 49.4 Å². The molecule has 0 amide bonds. The van der Waals surface area contributed by atoms with Crippen LogP contribution in [0.1, 0.15) is 60.8 Å². The lowest BCUT2D eigenvalue weighted by atomic mass is 9.52. The predicted molar refractivity (Wildman–Crippen MR) is 118 cm³/mol. The average molecular weight is 389 g/mol. The zero-order valence-electron chi connectivity index (χ0n) is 17.6. The number of fused-ring (bicyclic) bond motifs is 6. The molecular weight excluding hydrogens is 356 g/mol. The molecule has 0 radical (unpaired) electrons. The van der Waals surface area contributed by atoms with E-state index in [1.165, 1.54) is 35.1 Å². The molecule has 5 atom stereocenters. The van der Waals surface area contributed by atoms with E-state index in [4.69, 9.17) is 4.74 Å². The fraction of sp³-hybridized carbons (Fsp3) is 0.481. The summed E-state index contributed by atoms with van der Waals surface area (Å²) in [6, 6.07) is 15.2. The Bertz CT molecular complexity index is 930. The highest BCUT2D eigenvalue weighted by atomic mass is 16.5. The Morgan fingerprint density at radius 2 is 1.93 bits per heavy atom.